The predicted octanol–water partition coefficient (Wildman–Crippen LogP) is 2.14. The fraction of sp³-hybridized carbons (Fsp3) is 0.400. The summed E-state index contributed by atoms with van der Waals surface area (Å²) in [7, 11) is 0. The Hall–Kier alpha value is -3.74. The van der Waals surface area contributed by atoms with E-state index in [0.717, 1.165) is 25.9 Å². The topological polar surface area (TPSA) is 145 Å². The minimum atomic E-state index is -1.29. The van der Waals surface area contributed by atoms with Gasteiger partial charge in [-0.3, -0.25) is 24.7 Å². The Morgan fingerprint density at radius 1 is 1.33 bits per heavy atom. The van der Waals surface area contributed by atoms with Crippen molar-refractivity contribution in [2.75, 3.05) is 23.3 Å². The molecule has 154 valence electrons. The van der Waals surface area contributed by atoms with E-state index in [1.165, 1.54) is 18.2 Å². The Labute approximate surface area is 171 Å². The Morgan fingerprint density at radius 3 is 2.80 bits per heavy atom. The van der Waals surface area contributed by atoms with Crippen molar-refractivity contribution in [2.24, 2.45) is 11.8 Å². The van der Waals surface area contributed by atoms with Gasteiger partial charge in [-0.25, -0.2) is 0 Å². The van der Waals surface area contributed by atoms with E-state index in [4.69, 9.17) is 0 Å². The molecule has 30 heavy (non-hydrogen) atoms. The third-order valence-electron chi connectivity index (χ3n) is 5.68. The summed E-state index contributed by atoms with van der Waals surface area (Å²) in [5, 5.41) is 23.7. The van der Waals surface area contributed by atoms with Crippen LogP contribution in [-0.4, -0.2) is 33.9 Å². The molecule has 10 heteroatoms. The molecule has 3 unspecified atom stereocenters. The Kier molecular flexibility index (Phi) is 4.95. The van der Waals surface area contributed by atoms with Gasteiger partial charge >= 0.3 is 0 Å². The summed E-state index contributed by atoms with van der Waals surface area (Å²) in [5.41, 5.74) is -0.575. The van der Waals surface area contributed by atoms with Crippen molar-refractivity contribution in [1.82, 2.24) is 9.97 Å². The molecule has 4 rings (SSSR count). The largest absolute Gasteiger partial charge is 0.342 e. The second-order valence-corrected chi connectivity index (χ2v) is 7.73. The lowest BCUT2D eigenvalue weighted by atomic mass is 9.78. The van der Waals surface area contributed by atoms with Gasteiger partial charge in [-0.15, -0.1) is 0 Å². The first-order valence-corrected chi connectivity index (χ1v) is 9.73. The van der Waals surface area contributed by atoms with E-state index in [0.29, 0.717) is 11.9 Å². The van der Waals surface area contributed by atoms with Gasteiger partial charge in [0, 0.05) is 30.6 Å². The lowest BCUT2D eigenvalue weighted by molar-refractivity contribution is -0.385. The van der Waals surface area contributed by atoms with Crippen LogP contribution in [-0.2, 0) is 4.79 Å². The van der Waals surface area contributed by atoms with Crippen LogP contribution in [0.2, 0.25) is 0 Å². The minimum Gasteiger partial charge on any atom is -0.342 e. The van der Waals surface area contributed by atoms with Crippen LogP contribution in [0.3, 0.4) is 0 Å². The van der Waals surface area contributed by atoms with Crippen LogP contribution in [0.15, 0.2) is 29.1 Å². The molecular weight excluding hydrogens is 388 g/mol. The third kappa shape index (κ3) is 3.28. The molecule has 1 aromatic heterocycles. The van der Waals surface area contributed by atoms with E-state index in [-0.39, 0.29) is 22.6 Å². The van der Waals surface area contributed by atoms with Gasteiger partial charge in [-0.2, -0.15) is 10.2 Å². The molecule has 1 aromatic carbocycles. The second kappa shape index (κ2) is 7.59. The van der Waals surface area contributed by atoms with Crippen molar-refractivity contribution in [3.63, 3.8) is 0 Å². The average Bonchev–Trinajstić information content (AvgIpc) is 2.72. The number of nitro benzene ring substituents is 1. The highest BCUT2D eigenvalue weighted by molar-refractivity contribution is 5.98. The molecule has 1 fully saturated rings. The quantitative estimate of drug-likeness (QED) is 0.584. The number of anilines is 2. The standard InChI is InChI=1S/C20H20N6O4/c1-11-5-4-8-25(10-11)20-23-17-16(19(28)24-20)15(13(9-21)18(27)22-17)12-6-2-3-7-14(12)26(29)30/h2-3,6-7,11,13,15H,4-5,8,10H2,1H3,(H2,22,23,24,27,28). The Balaban J connectivity index is 1.88. The van der Waals surface area contributed by atoms with Crippen LogP contribution in [0, 0.1) is 33.3 Å². The molecule has 0 bridgehead atoms. The van der Waals surface area contributed by atoms with E-state index in [2.05, 4.69) is 22.2 Å². The molecule has 2 aliphatic heterocycles. The van der Waals surface area contributed by atoms with Crippen LogP contribution in [0.1, 0.15) is 36.8 Å². The number of nitrogens with zero attached hydrogens (tertiary/aromatic N) is 4. The number of nitrogens with one attached hydrogen (secondary N) is 2. The Morgan fingerprint density at radius 2 is 2.10 bits per heavy atom. The number of benzene rings is 1. The smallest absolute Gasteiger partial charge is 0.273 e. The number of hydrogen-bond donors (Lipinski definition) is 2. The number of para-hydroxylation sites is 1. The Bertz CT molecular complexity index is 1120. The number of rotatable bonds is 3. The van der Waals surface area contributed by atoms with Crippen molar-refractivity contribution in [3.8, 4) is 6.07 Å². The molecular formula is C20H20N6O4. The van der Waals surface area contributed by atoms with E-state index in [9.17, 15) is 25.0 Å². The molecule has 0 radical (unpaired) electrons. The van der Waals surface area contributed by atoms with Crippen molar-refractivity contribution in [2.45, 2.75) is 25.7 Å². The number of aromatic amines is 1. The van der Waals surface area contributed by atoms with Gasteiger partial charge in [-0.1, -0.05) is 25.1 Å². The highest BCUT2D eigenvalue weighted by Gasteiger charge is 2.43. The number of hydrogen-bond acceptors (Lipinski definition) is 7. The summed E-state index contributed by atoms with van der Waals surface area (Å²) >= 11 is 0. The SMILES string of the molecule is CC1CCCN(c2nc3c(c(=O)[nH]2)C(c2ccccc2[N+](=O)[O-])C(C#N)C(=O)N3)C1. The number of H-pyrrole nitrogens is 1. The first kappa shape index (κ1) is 19.6. The molecule has 10 nitrogen and oxygen atoms in total. The maximum Gasteiger partial charge on any atom is 0.273 e. The zero-order chi connectivity index (χ0) is 21.4. The highest BCUT2D eigenvalue weighted by Crippen LogP contribution is 2.41. The number of carbonyl (C=O) groups excluding carboxylic acids is 1. The van der Waals surface area contributed by atoms with Gasteiger partial charge in [-0.05, 0) is 18.8 Å². The van der Waals surface area contributed by atoms with Gasteiger partial charge in [0.25, 0.3) is 11.2 Å². The maximum atomic E-state index is 13.1. The van der Waals surface area contributed by atoms with E-state index in [1.807, 2.05) is 11.0 Å². The highest BCUT2D eigenvalue weighted by atomic mass is 16.6. The first-order chi connectivity index (χ1) is 14.4. The van der Waals surface area contributed by atoms with Crippen LogP contribution in [0.5, 0.6) is 0 Å². The molecule has 2 aromatic rings. The van der Waals surface area contributed by atoms with E-state index in [1.54, 1.807) is 6.07 Å². The zero-order valence-electron chi connectivity index (χ0n) is 16.3. The molecule has 3 heterocycles. The summed E-state index contributed by atoms with van der Waals surface area (Å²) in [6.07, 6.45) is 2.05. The lowest BCUT2D eigenvalue weighted by Crippen LogP contribution is -2.41. The molecule has 1 saturated heterocycles. The first-order valence-electron chi connectivity index (χ1n) is 9.73. The lowest BCUT2D eigenvalue weighted by Gasteiger charge is -2.33. The summed E-state index contributed by atoms with van der Waals surface area (Å²) in [5.74, 6) is -2.18. The van der Waals surface area contributed by atoms with Crippen molar-refractivity contribution < 1.29 is 9.72 Å². The number of nitro groups is 1. The number of piperidine rings is 1. The van der Waals surface area contributed by atoms with Crippen molar-refractivity contribution in [3.05, 3.63) is 55.9 Å². The van der Waals surface area contributed by atoms with Gasteiger partial charge in [0.1, 0.15) is 11.7 Å². The summed E-state index contributed by atoms with van der Waals surface area (Å²) in [4.78, 5) is 45.9. The molecule has 1 amide bonds. The number of carbonyl (C=O) groups is 1. The number of aromatic nitrogens is 2. The fourth-order valence-electron chi connectivity index (χ4n) is 4.28. The van der Waals surface area contributed by atoms with Gasteiger partial charge in [0.15, 0.2) is 0 Å². The average molecular weight is 408 g/mol. The maximum absolute atomic E-state index is 13.1. The second-order valence-electron chi connectivity index (χ2n) is 7.73. The zero-order valence-corrected chi connectivity index (χ0v) is 16.3. The molecule has 0 aliphatic carbocycles. The van der Waals surface area contributed by atoms with Crippen molar-refractivity contribution >= 4 is 23.4 Å². The molecule has 0 spiro atoms. The predicted molar refractivity (Wildman–Crippen MR) is 108 cm³/mol. The molecule has 2 aliphatic rings. The molecule has 0 saturated carbocycles. The van der Waals surface area contributed by atoms with Crippen LogP contribution < -0.4 is 15.8 Å². The van der Waals surface area contributed by atoms with Crippen LogP contribution >= 0.6 is 0 Å². The number of amides is 1. The number of nitriles is 1. The third-order valence-corrected chi connectivity index (χ3v) is 5.68. The summed E-state index contributed by atoms with van der Waals surface area (Å²) in [6, 6.07) is 7.73. The summed E-state index contributed by atoms with van der Waals surface area (Å²) < 4.78 is 0. The minimum absolute atomic E-state index is 0.0478. The monoisotopic (exact) mass is 408 g/mol. The van der Waals surface area contributed by atoms with Gasteiger partial charge in [0.2, 0.25) is 11.9 Å². The normalized spacial score (nSPS) is 23.3. The van der Waals surface area contributed by atoms with Crippen LogP contribution in [0.4, 0.5) is 17.5 Å². The van der Waals surface area contributed by atoms with E-state index >= 15 is 0 Å². The van der Waals surface area contributed by atoms with Crippen LogP contribution in [0.25, 0.3) is 0 Å². The summed E-state index contributed by atoms with van der Waals surface area (Å²) in [6.45, 7) is 3.57. The van der Waals surface area contributed by atoms with Gasteiger partial charge in [0.05, 0.1) is 16.6 Å². The fourth-order valence-corrected chi connectivity index (χ4v) is 4.28. The van der Waals surface area contributed by atoms with E-state index < -0.39 is 28.2 Å². The van der Waals surface area contributed by atoms with Crippen molar-refractivity contribution in [1.29, 1.82) is 5.26 Å². The van der Waals surface area contributed by atoms with Gasteiger partial charge < -0.3 is 10.2 Å². The molecule has 3 atom stereocenters. The number of fused-ring (bicyclic) bond motifs is 1. The molecule has 2 N–H and O–H groups in total.